The van der Waals surface area contributed by atoms with E-state index in [2.05, 4.69) is 27.3 Å². The Morgan fingerprint density at radius 2 is 2.19 bits per heavy atom. The summed E-state index contributed by atoms with van der Waals surface area (Å²) < 4.78 is 10.8. The van der Waals surface area contributed by atoms with Gasteiger partial charge in [0.2, 0.25) is 0 Å². The van der Waals surface area contributed by atoms with Crippen molar-refractivity contribution in [3.63, 3.8) is 0 Å². The zero-order valence-electron chi connectivity index (χ0n) is 15.4. The van der Waals surface area contributed by atoms with Crippen molar-refractivity contribution in [3.05, 3.63) is 41.5 Å². The van der Waals surface area contributed by atoms with Crippen LogP contribution in [0.1, 0.15) is 48.1 Å². The van der Waals surface area contributed by atoms with Gasteiger partial charge in [-0.2, -0.15) is 0 Å². The van der Waals surface area contributed by atoms with Crippen molar-refractivity contribution in [2.24, 2.45) is 0 Å². The molecule has 7 heteroatoms. The molecular weight excluding hydrogens is 332 g/mol. The van der Waals surface area contributed by atoms with Crippen LogP contribution in [0.5, 0.6) is 5.75 Å². The van der Waals surface area contributed by atoms with Gasteiger partial charge >= 0.3 is 0 Å². The normalized spacial score (nSPS) is 15.8. The molecule has 0 spiro atoms. The molecule has 0 saturated carbocycles. The quantitative estimate of drug-likeness (QED) is 0.819. The van der Waals surface area contributed by atoms with E-state index >= 15 is 0 Å². The summed E-state index contributed by atoms with van der Waals surface area (Å²) in [7, 11) is 0. The first kappa shape index (κ1) is 18.4. The Balaban J connectivity index is 1.46. The molecule has 26 heavy (non-hydrogen) atoms. The van der Waals surface area contributed by atoms with Gasteiger partial charge in [0, 0.05) is 30.9 Å². The summed E-state index contributed by atoms with van der Waals surface area (Å²) in [6.07, 6.45) is 4.77. The van der Waals surface area contributed by atoms with E-state index in [4.69, 9.17) is 9.26 Å². The second-order valence-electron chi connectivity index (χ2n) is 6.69. The maximum absolute atomic E-state index is 12.3. The van der Waals surface area contributed by atoms with Crippen molar-refractivity contribution >= 4 is 5.91 Å². The zero-order valence-corrected chi connectivity index (χ0v) is 15.4. The summed E-state index contributed by atoms with van der Waals surface area (Å²) >= 11 is 0. The highest BCUT2D eigenvalue weighted by Gasteiger charge is 2.22. The third kappa shape index (κ3) is 5.05. The van der Waals surface area contributed by atoms with Gasteiger partial charge in [0.15, 0.2) is 11.5 Å². The molecule has 0 bridgehead atoms. The highest BCUT2D eigenvalue weighted by molar-refractivity contribution is 5.92. The number of carbonyl (C=O) groups excluding carboxylic acids is 1. The van der Waals surface area contributed by atoms with Crippen molar-refractivity contribution in [2.75, 3.05) is 19.6 Å². The lowest BCUT2D eigenvalue weighted by atomic mass is 10.0. The third-order valence-electron chi connectivity index (χ3n) is 4.52. The number of pyridine rings is 1. The first-order valence-electron chi connectivity index (χ1n) is 9.18. The number of ether oxygens (including phenoxy) is 1. The van der Waals surface area contributed by atoms with Crippen LogP contribution in [0.2, 0.25) is 0 Å². The molecule has 1 N–H and O–H groups in total. The number of nitrogens with one attached hydrogen (secondary N) is 1. The number of carbonyl (C=O) groups is 1. The summed E-state index contributed by atoms with van der Waals surface area (Å²) in [5, 5.41) is 6.91. The van der Waals surface area contributed by atoms with Crippen molar-refractivity contribution in [3.8, 4) is 5.75 Å². The van der Waals surface area contributed by atoms with E-state index < -0.39 is 0 Å². The van der Waals surface area contributed by atoms with Crippen LogP contribution in [0.3, 0.4) is 0 Å². The van der Waals surface area contributed by atoms with E-state index in [1.165, 1.54) is 6.42 Å². The van der Waals surface area contributed by atoms with Crippen molar-refractivity contribution in [2.45, 2.75) is 45.8 Å². The molecule has 1 amide bonds. The fourth-order valence-corrected chi connectivity index (χ4v) is 3.06. The van der Waals surface area contributed by atoms with E-state index in [-0.39, 0.29) is 18.6 Å². The maximum atomic E-state index is 12.3. The van der Waals surface area contributed by atoms with Gasteiger partial charge in [0.25, 0.3) is 5.91 Å². The monoisotopic (exact) mass is 358 g/mol. The smallest absolute Gasteiger partial charge is 0.273 e. The van der Waals surface area contributed by atoms with Crippen LogP contribution >= 0.6 is 0 Å². The molecular formula is C19H26N4O3. The number of amides is 1. The van der Waals surface area contributed by atoms with E-state index in [1.807, 2.05) is 19.1 Å². The molecule has 3 rings (SSSR count). The highest BCUT2D eigenvalue weighted by atomic mass is 16.5. The van der Waals surface area contributed by atoms with Crippen LogP contribution in [-0.4, -0.2) is 46.6 Å². The summed E-state index contributed by atoms with van der Waals surface area (Å²) in [5.74, 6) is 0.969. The minimum atomic E-state index is -0.189. The van der Waals surface area contributed by atoms with Crippen LogP contribution < -0.4 is 10.1 Å². The predicted octanol–water partition coefficient (Wildman–Crippen LogP) is 2.56. The third-order valence-corrected chi connectivity index (χ3v) is 4.52. The maximum Gasteiger partial charge on any atom is 0.273 e. The lowest BCUT2D eigenvalue weighted by Crippen LogP contribution is -2.44. The summed E-state index contributed by atoms with van der Waals surface area (Å²) in [5.41, 5.74) is 1.22. The van der Waals surface area contributed by atoms with E-state index in [9.17, 15) is 4.79 Å². The summed E-state index contributed by atoms with van der Waals surface area (Å²) in [6.45, 7) is 7.50. The number of hydrogen-bond donors (Lipinski definition) is 1. The Morgan fingerprint density at radius 3 is 2.88 bits per heavy atom. The molecule has 0 unspecified atom stereocenters. The Hall–Kier alpha value is -2.41. The van der Waals surface area contributed by atoms with Crippen molar-refractivity contribution in [1.29, 1.82) is 0 Å². The topological polar surface area (TPSA) is 80.5 Å². The first-order valence-corrected chi connectivity index (χ1v) is 9.18. The molecule has 1 aliphatic heterocycles. The molecule has 7 nitrogen and oxygen atoms in total. The SMILES string of the molecule is CCCN1CCC(NC(=O)c2cc(COc3ccc(C)nc3)on2)CC1. The van der Waals surface area contributed by atoms with E-state index in [0.29, 0.717) is 17.2 Å². The van der Waals surface area contributed by atoms with Crippen LogP contribution in [0.15, 0.2) is 28.9 Å². The van der Waals surface area contributed by atoms with Crippen LogP contribution in [0.25, 0.3) is 0 Å². The van der Waals surface area contributed by atoms with Gasteiger partial charge in [0.1, 0.15) is 12.4 Å². The number of aryl methyl sites for hydroxylation is 1. The van der Waals surface area contributed by atoms with Gasteiger partial charge in [0.05, 0.1) is 6.20 Å². The number of hydrogen-bond acceptors (Lipinski definition) is 6. The highest BCUT2D eigenvalue weighted by Crippen LogP contribution is 2.14. The fraction of sp³-hybridized carbons (Fsp3) is 0.526. The van der Waals surface area contributed by atoms with Gasteiger partial charge in [-0.1, -0.05) is 12.1 Å². The van der Waals surface area contributed by atoms with E-state index in [1.54, 1.807) is 12.3 Å². The Bertz CT molecular complexity index is 706. The average Bonchev–Trinajstić information content (AvgIpc) is 3.12. The number of likely N-dealkylation sites (tertiary alicyclic amines) is 1. The second kappa shape index (κ2) is 8.80. The summed E-state index contributed by atoms with van der Waals surface area (Å²) in [4.78, 5) is 19.0. The van der Waals surface area contributed by atoms with Gasteiger partial charge in [-0.15, -0.1) is 0 Å². The van der Waals surface area contributed by atoms with Crippen LogP contribution in [0.4, 0.5) is 0 Å². The van der Waals surface area contributed by atoms with Crippen molar-refractivity contribution < 1.29 is 14.1 Å². The largest absolute Gasteiger partial charge is 0.484 e. The fourth-order valence-electron chi connectivity index (χ4n) is 3.06. The Morgan fingerprint density at radius 1 is 1.38 bits per heavy atom. The van der Waals surface area contributed by atoms with Gasteiger partial charge in [-0.05, 0) is 44.9 Å². The number of rotatable bonds is 7. The molecule has 1 saturated heterocycles. The molecule has 0 atom stereocenters. The Kier molecular flexibility index (Phi) is 6.22. The number of nitrogens with zero attached hydrogens (tertiary/aromatic N) is 3. The van der Waals surface area contributed by atoms with E-state index in [0.717, 1.165) is 38.2 Å². The molecule has 2 aromatic heterocycles. The lowest BCUT2D eigenvalue weighted by molar-refractivity contribution is 0.0901. The van der Waals surface area contributed by atoms with Gasteiger partial charge in [-0.25, -0.2) is 0 Å². The standard InChI is InChI=1S/C19H26N4O3/c1-3-8-23-9-6-15(7-10-23)21-19(24)18-11-17(26-22-18)13-25-16-5-4-14(2)20-12-16/h4-5,11-12,15H,3,6-10,13H2,1-2H3,(H,21,24). The molecule has 140 valence electrons. The second-order valence-corrected chi connectivity index (χ2v) is 6.69. The van der Waals surface area contributed by atoms with Crippen LogP contribution in [0, 0.1) is 6.92 Å². The molecule has 3 heterocycles. The van der Waals surface area contributed by atoms with Gasteiger partial charge < -0.3 is 19.5 Å². The molecule has 0 aromatic carbocycles. The molecule has 2 aromatic rings. The minimum absolute atomic E-state index is 0.189. The molecule has 0 aliphatic carbocycles. The van der Waals surface area contributed by atoms with Crippen LogP contribution in [-0.2, 0) is 6.61 Å². The molecule has 1 fully saturated rings. The first-order chi connectivity index (χ1) is 12.6. The predicted molar refractivity (Wildman–Crippen MR) is 97.0 cm³/mol. The lowest BCUT2D eigenvalue weighted by Gasteiger charge is -2.31. The summed E-state index contributed by atoms with van der Waals surface area (Å²) in [6, 6.07) is 5.55. The van der Waals surface area contributed by atoms with Crippen molar-refractivity contribution in [1.82, 2.24) is 20.4 Å². The minimum Gasteiger partial charge on any atom is -0.484 e. The average molecular weight is 358 g/mol. The van der Waals surface area contributed by atoms with Gasteiger partial charge in [-0.3, -0.25) is 9.78 Å². The number of piperidine rings is 1. The number of aromatic nitrogens is 2. The molecule has 0 radical (unpaired) electrons. The molecule has 1 aliphatic rings. The Labute approximate surface area is 153 Å². The zero-order chi connectivity index (χ0) is 18.4.